The Labute approximate surface area is 161 Å². The molecule has 0 aliphatic heterocycles. The van der Waals surface area contributed by atoms with Gasteiger partial charge in [-0.15, -0.1) is 11.3 Å². The molecule has 2 aromatic rings. The van der Waals surface area contributed by atoms with Gasteiger partial charge in [-0.1, -0.05) is 18.5 Å². The zero-order valence-corrected chi connectivity index (χ0v) is 16.4. The minimum atomic E-state index is -0.436. The molecule has 26 heavy (non-hydrogen) atoms. The van der Waals surface area contributed by atoms with Gasteiger partial charge in [0.25, 0.3) is 0 Å². The third kappa shape index (κ3) is 5.12. The number of hydrogen-bond donors (Lipinski definition) is 2. The molecule has 0 aliphatic rings. The van der Waals surface area contributed by atoms with Crippen molar-refractivity contribution in [2.24, 2.45) is 0 Å². The van der Waals surface area contributed by atoms with Crippen LogP contribution in [-0.4, -0.2) is 32.1 Å². The van der Waals surface area contributed by atoms with Gasteiger partial charge in [-0.3, -0.25) is 4.79 Å². The van der Waals surface area contributed by atoms with Crippen molar-refractivity contribution in [3.8, 4) is 5.75 Å². The lowest BCUT2D eigenvalue weighted by molar-refractivity contribution is -0.114. The second kappa shape index (κ2) is 9.45. The summed E-state index contributed by atoms with van der Waals surface area (Å²) >= 11 is 7.44. The first-order valence-corrected chi connectivity index (χ1v) is 9.35. The van der Waals surface area contributed by atoms with E-state index in [4.69, 9.17) is 21.1 Å². The number of benzene rings is 1. The van der Waals surface area contributed by atoms with E-state index in [1.807, 2.05) is 6.92 Å². The van der Waals surface area contributed by atoms with Gasteiger partial charge in [0.1, 0.15) is 10.8 Å². The summed E-state index contributed by atoms with van der Waals surface area (Å²) in [5, 5.41) is 6.71. The summed E-state index contributed by atoms with van der Waals surface area (Å²) in [5.41, 5.74) is 1.08. The number of thiophene rings is 1. The molecular weight excluding hydrogens is 376 g/mol. The quantitative estimate of drug-likeness (QED) is 0.654. The molecule has 1 heterocycles. The molecule has 140 valence electrons. The fraction of sp³-hybridized carbons (Fsp3) is 0.333. The molecule has 0 spiro atoms. The minimum absolute atomic E-state index is 0.0320. The van der Waals surface area contributed by atoms with Gasteiger partial charge in [0.05, 0.1) is 30.8 Å². The van der Waals surface area contributed by atoms with E-state index < -0.39 is 5.97 Å². The van der Waals surface area contributed by atoms with Gasteiger partial charge in [-0.25, -0.2) is 4.79 Å². The highest BCUT2D eigenvalue weighted by molar-refractivity contribution is 7.16. The number of halogens is 1. The van der Waals surface area contributed by atoms with Crippen LogP contribution in [0.3, 0.4) is 0 Å². The molecule has 0 unspecified atom stereocenters. The van der Waals surface area contributed by atoms with Gasteiger partial charge in [0, 0.05) is 10.6 Å². The highest BCUT2D eigenvalue weighted by Gasteiger charge is 2.18. The van der Waals surface area contributed by atoms with Gasteiger partial charge in [-0.2, -0.15) is 0 Å². The van der Waals surface area contributed by atoms with Crippen LogP contribution < -0.4 is 15.4 Å². The Morgan fingerprint density at radius 3 is 2.62 bits per heavy atom. The maximum atomic E-state index is 12.2. The monoisotopic (exact) mass is 396 g/mol. The number of hydrogen-bond acceptors (Lipinski definition) is 6. The Morgan fingerprint density at radius 1 is 1.23 bits per heavy atom. The minimum Gasteiger partial charge on any atom is -0.495 e. The van der Waals surface area contributed by atoms with Gasteiger partial charge in [-0.05, 0) is 37.6 Å². The standard InChI is InChI=1S/C18H21ClN2O4S/c1-4-12-9-13(18(23)25-5-2)17(26-12)21-16(22)10-20-11-6-7-15(24-3)14(19)8-11/h6-9,20H,4-5,10H2,1-3H3,(H,21,22). The van der Waals surface area contributed by atoms with Crippen molar-refractivity contribution >= 4 is 45.5 Å². The Balaban J connectivity index is 2.02. The van der Waals surface area contributed by atoms with Crippen LogP contribution in [0.15, 0.2) is 24.3 Å². The molecule has 0 aliphatic carbocycles. The lowest BCUT2D eigenvalue weighted by Gasteiger charge is -2.10. The summed E-state index contributed by atoms with van der Waals surface area (Å²) in [6.07, 6.45) is 0.773. The van der Waals surface area contributed by atoms with Gasteiger partial charge >= 0.3 is 5.97 Å². The summed E-state index contributed by atoms with van der Waals surface area (Å²) in [6, 6.07) is 6.92. The zero-order chi connectivity index (χ0) is 19.1. The molecule has 1 aromatic carbocycles. The molecule has 0 atom stereocenters. The van der Waals surface area contributed by atoms with Crippen molar-refractivity contribution < 1.29 is 19.1 Å². The van der Waals surface area contributed by atoms with Crippen LogP contribution in [0.2, 0.25) is 5.02 Å². The lowest BCUT2D eigenvalue weighted by atomic mass is 10.2. The number of aryl methyl sites for hydroxylation is 1. The maximum absolute atomic E-state index is 12.2. The molecule has 2 N–H and O–H groups in total. The number of amides is 1. The van der Waals surface area contributed by atoms with E-state index in [9.17, 15) is 9.59 Å². The highest BCUT2D eigenvalue weighted by atomic mass is 35.5. The first kappa shape index (κ1) is 20.1. The average Bonchev–Trinajstić information content (AvgIpc) is 3.03. The lowest BCUT2D eigenvalue weighted by Crippen LogP contribution is -2.22. The number of ether oxygens (including phenoxy) is 2. The van der Waals surface area contributed by atoms with Crippen LogP contribution >= 0.6 is 22.9 Å². The molecular formula is C18H21ClN2O4S. The van der Waals surface area contributed by atoms with E-state index in [0.29, 0.717) is 27.0 Å². The SMILES string of the molecule is CCOC(=O)c1cc(CC)sc1NC(=O)CNc1ccc(OC)c(Cl)c1. The Kier molecular flexibility index (Phi) is 7.29. The molecule has 0 bridgehead atoms. The molecule has 1 aromatic heterocycles. The third-order valence-electron chi connectivity index (χ3n) is 3.48. The molecule has 0 radical (unpaired) electrons. The van der Waals surface area contributed by atoms with E-state index in [1.165, 1.54) is 18.4 Å². The van der Waals surface area contributed by atoms with Gasteiger partial charge < -0.3 is 20.1 Å². The fourth-order valence-electron chi connectivity index (χ4n) is 2.20. The molecule has 2 rings (SSSR count). The van der Waals surface area contributed by atoms with E-state index in [-0.39, 0.29) is 19.1 Å². The van der Waals surface area contributed by atoms with Crippen LogP contribution in [0.1, 0.15) is 29.1 Å². The first-order chi connectivity index (χ1) is 12.5. The van der Waals surface area contributed by atoms with Crippen LogP contribution in [0, 0.1) is 0 Å². The number of methoxy groups -OCH3 is 1. The van der Waals surface area contributed by atoms with E-state index in [2.05, 4.69) is 10.6 Å². The van der Waals surface area contributed by atoms with Crippen molar-refractivity contribution in [3.63, 3.8) is 0 Å². The zero-order valence-electron chi connectivity index (χ0n) is 14.8. The maximum Gasteiger partial charge on any atom is 0.341 e. The van der Waals surface area contributed by atoms with Crippen molar-refractivity contribution in [1.82, 2.24) is 0 Å². The first-order valence-electron chi connectivity index (χ1n) is 8.15. The molecule has 0 fully saturated rings. The Bertz CT molecular complexity index is 791. The predicted molar refractivity (Wildman–Crippen MR) is 105 cm³/mol. The van der Waals surface area contributed by atoms with Crippen molar-refractivity contribution in [2.45, 2.75) is 20.3 Å². The van der Waals surface area contributed by atoms with Crippen LogP contribution in [0.5, 0.6) is 5.75 Å². The largest absolute Gasteiger partial charge is 0.495 e. The van der Waals surface area contributed by atoms with Gasteiger partial charge in [0.15, 0.2) is 0 Å². The normalized spacial score (nSPS) is 10.3. The van der Waals surface area contributed by atoms with E-state index in [0.717, 1.165) is 11.3 Å². The molecule has 8 heteroatoms. The topological polar surface area (TPSA) is 76.7 Å². The average molecular weight is 397 g/mol. The number of rotatable bonds is 8. The van der Waals surface area contributed by atoms with E-state index in [1.54, 1.807) is 31.2 Å². The van der Waals surface area contributed by atoms with Crippen molar-refractivity contribution in [1.29, 1.82) is 0 Å². The number of esters is 1. The summed E-state index contributed by atoms with van der Waals surface area (Å²) in [6.45, 7) is 4.04. The number of anilines is 2. The Hall–Kier alpha value is -2.25. The molecule has 0 saturated heterocycles. The summed E-state index contributed by atoms with van der Waals surface area (Å²) in [4.78, 5) is 25.3. The van der Waals surface area contributed by atoms with Gasteiger partial charge in [0.2, 0.25) is 5.91 Å². The second-order valence-electron chi connectivity index (χ2n) is 5.28. The summed E-state index contributed by atoms with van der Waals surface area (Å²) in [5.74, 6) is -0.146. The number of carbonyl (C=O) groups excluding carboxylic acids is 2. The van der Waals surface area contributed by atoms with Crippen molar-refractivity contribution in [3.05, 3.63) is 39.7 Å². The van der Waals surface area contributed by atoms with Crippen molar-refractivity contribution in [2.75, 3.05) is 30.9 Å². The molecule has 1 amide bonds. The molecule has 6 nitrogen and oxygen atoms in total. The number of carbonyl (C=O) groups is 2. The third-order valence-corrected chi connectivity index (χ3v) is 4.97. The summed E-state index contributed by atoms with van der Waals surface area (Å²) < 4.78 is 10.1. The van der Waals surface area contributed by atoms with Crippen LogP contribution in [0.25, 0.3) is 0 Å². The predicted octanol–water partition coefficient (Wildman–Crippen LogP) is 4.20. The highest BCUT2D eigenvalue weighted by Crippen LogP contribution is 2.30. The number of nitrogens with one attached hydrogen (secondary N) is 2. The van der Waals surface area contributed by atoms with Crippen LogP contribution in [-0.2, 0) is 16.0 Å². The van der Waals surface area contributed by atoms with E-state index >= 15 is 0 Å². The second-order valence-corrected chi connectivity index (χ2v) is 6.82. The summed E-state index contributed by atoms with van der Waals surface area (Å²) in [7, 11) is 1.54. The fourth-order valence-corrected chi connectivity index (χ4v) is 3.46. The molecule has 0 saturated carbocycles. The smallest absolute Gasteiger partial charge is 0.341 e. The van der Waals surface area contributed by atoms with Crippen LogP contribution in [0.4, 0.5) is 10.7 Å². The Morgan fingerprint density at radius 2 is 2.00 bits per heavy atom.